The van der Waals surface area contributed by atoms with Gasteiger partial charge in [-0.3, -0.25) is 9.59 Å². The van der Waals surface area contributed by atoms with Crippen LogP contribution in [-0.2, 0) is 17.8 Å². The summed E-state index contributed by atoms with van der Waals surface area (Å²) in [4.78, 5) is 29.1. The Morgan fingerprint density at radius 1 is 1.03 bits per heavy atom. The highest BCUT2D eigenvalue weighted by molar-refractivity contribution is 5.94. The maximum Gasteiger partial charge on any atom is 0.253 e. The second-order valence-electron chi connectivity index (χ2n) is 8.00. The third-order valence-corrected chi connectivity index (χ3v) is 5.23. The summed E-state index contributed by atoms with van der Waals surface area (Å²) >= 11 is 0. The van der Waals surface area contributed by atoms with E-state index < -0.39 is 0 Å². The first kappa shape index (κ1) is 20.9. The molecule has 1 saturated heterocycles. The summed E-state index contributed by atoms with van der Waals surface area (Å²) < 4.78 is 5.27. The monoisotopic (exact) mass is 394 g/mol. The number of hydrogen-bond donors (Lipinski definition) is 0. The van der Waals surface area contributed by atoms with Crippen LogP contribution in [0.3, 0.4) is 0 Å². The van der Waals surface area contributed by atoms with E-state index in [0.717, 1.165) is 17.7 Å². The Morgan fingerprint density at radius 2 is 1.79 bits per heavy atom. The minimum absolute atomic E-state index is 0.00266. The number of nitrogens with zero attached hydrogens (tertiary/aromatic N) is 2. The van der Waals surface area contributed by atoms with Crippen molar-refractivity contribution in [1.29, 1.82) is 0 Å². The van der Waals surface area contributed by atoms with Crippen molar-refractivity contribution in [2.75, 3.05) is 26.7 Å². The van der Waals surface area contributed by atoms with Crippen LogP contribution in [0.1, 0.15) is 41.8 Å². The van der Waals surface area contributed by atoms with Crippen LogP contribution in [0.2, 0.25) is 0 Å². The molecule has 5 nitrogen and oxygen atoms in total. The molecular formula is C24H30N2O3. The molecule has 1 aliphatic heterocycles. The first-order chi connectivity index (χ1) is 14.0. The van der Waals surface area contributed by atoms with Crippen LogP contribution in [0.15, 0.2) is 48.5 Å². The van der Waals surface area contributed by atoms with Crippen molar-refractivity contribution in [2.45, 2.75) is 33.2 Å². The average molecular weight is 395 g/mol. The van der Waals surface area contributed by atoms with Crippen molar-refractivity contribution < 1.29 is 14.3 Å². The van der Waals surface area contributed by atoms with Gasteiger partial charge in [0.25, 0.3) is 5.91 Å². The number of benzene rings is 2. The zero-order valence-electron chi connectivity index (χ0n) is 17.6. The normalized spacial score (nSPS) is 14.8. The summed E-state index contributed by atoms with van der Waals surface area (Å²) in [5.41, 5.74) is 2.96. The number of carbonyl (C=O) groups excluding carboxylic acids is 2. The second kappa shape index (κ2) is 9.59. The largest absolute Gasteiger partial charge is 0.497 e. The van der Waals surface area contributed by atoms with Crippen molar-refractivity contribution >= 4 is 11.8 Å². The van der Waals surface area contributed by atoms with Gasteiger partial charge in [-0.2, -0.15) is 0 Å². The number of methoxy groups -OCH3 is 1. The van der Waals surface area contributed by atoms with E-state index in [2.05, 4.69) is 13.8 Å². The third kappa shape index (κ3) is 5.59. The van der Waals surface area contributed by atoms with E-state index in [4.69, 9.17) is 4.74 Å². The Labute approximate surface area is 173 Å². The van der Waals surface area contributed by atoms with Crippen molar-refractivity contribution in [3.8, 4) is 5.75 Å². The van der Waals surface area contributed by atoms with Crippen LogP contribution in [-0.4, -0.2) is 48.4 Å². The van der Waals surface area contributed by atoms with Gasteiger partial charge in [-0.25, -0.2) is 0 Å². The fraction of sp³-hybridized carbons (Fsp3) is 0.417. The first-order valence-electron chi connectivity index (χ1n) is 10.2. The van der Waals surface area contributed by atoms with Gasteiger partial charge in [-0.15, -0.1) is 0 Å². The predicted octanol–water partition coefficient (Wildman–Crippen LogP) is 3.77. The van der Waals surface area contributed by atoms with Crippen LogP contribution in [0.5, 0.6) is 5.75 Å². The Kier molecular flexibility index (Phi) is 6.91. The van der Waals surface area contributed by atoms with Crippen LogP contribution in [0.4, 0.5) is 0 Å². The van der Waals surface area contributed by atoms with E-state index in [1.54, 1.807) is 12.0 Å². The predicted molar refractivity (Wildman–Crippen MR) is 114 cm³/mol. The molecule has 2 aromatic carbocycles. The van der Waals surface area contributed by atoms with E-state index in [1.807, 2.05) is 53.4 Å². The van der Waals surface area contributed by atoms with E-state index in [9.17, 15) is 9.59 Å². The highest BCUT2D eigenvalue weighted by atomic mass is 16.5. The summed E-state index contributed by atoms with van der Waals surface area (Å²) in [7, 11) is 1.63. The van der Waals surface area contributed by atoms with Gasteiger partial charge < -0.3 is 14.5 Å². The van der Waals surface area contributed by atoms with Gasteiger partial charge in [0.05, 0.1) is 7.11 Å². The minimum Gasteiger partial charge on any atom is -0.497 e. The SMILES string of the molecule is COc1cccc(CN2CCN(C(=O)c3ccc(CC(C)C)cc3)CCC2=O)c1. The summed E-state index contributed by atoms with van der Waals surface area (Å²) in [6.07, 6.45) is 1.35. The molecule has 0 atom stereocenters. The molecule has 154 valence electrons. The Hall–Kier alpha value is -2.82. The van der Waals surface area contributed by atoms with Crippen LogP contribution in [0, 0.1) is 5.92 Å². The van der Waals surface area contributed by atoms with Gasteiger partial charge in [-0.05, 0) is 47.7 Å². The summed E-state index contributed by atoms with van der Waals surface area (Å²) in [5.74, 6) is 1.44. The molecule has 1 heterocycles. The van der Waals surface area contributed by atoms with Crippen molar-refractivity contribution in [2.24, 2.45) is 5.92 Å². The zero-order chi connectivity index (χ0) is 20.8. The van der Waals surface area contributed by atoms with E-state index in [1.165, 1.54) is 5.56 Å². The molecule has 5 heteroatoms. The van der Waals surface area contributed by atoms with Gasteiger partial charge in [0, 0.05) is 38.2 Å². The quantitative estimate of drug-likeness (QED) is 0.749. The molecule has 3 rings (SSSR count). The summed E-state index contributed by atoms with van der Waals surface area (Å²) in [6.45, 7) is 6.44. The molecule has 0 unspecified atom stereocenters. The number of rotatable bonds is 6. The van der Waals surface area contributed by atoms with E-state index >= 15 is 0 Å². The molecule has 29 heavy (non-hydrogen) atoms. The lowest BCUT2D eigenvalue weighted by atomic mass is 10.0. The Balaban J connectivity index is 1.63. The molecule has 0 aliphatic carbocycles. The maximum absolute atomic E-state index is 12.9. The van der Waals surface area contributed by atoms with Crippen LogP contribution in [0.25, 0.3) is 0 Å². The van der Waals surface area contributed by atoms with Crippen molar-refractivity contribution in [3.63, 3.8) is 0 Å². The fourth-order valence-electron chi connectivity index (χ4n) is 3.67. The van der Waals surface area contributed by atoms with Crippen molar-refractivity contribution in [1.82, 2.24) is 9.80 Å². The zero-order valence-corrected chi connectivity index (χ0v) is 17.6. The standard InChI is InChI=1S/C24H30N2O3/c1-18(2)15-19-7-9-21(10-8-19)24(28)25-12-11-23(27)26(14-13-25)17-20-5-4-6-22(16-20)29-3/h4-10,16,18H,11-15,17H2,1-3H3. The number of ether oxygens (including phenoxy) is 1. The van der Waals surface area contributed by atoms with Crippen LogP contribution < -0.4 is 4.74 Å². The molecular weight excluding hydrogens is 364 g/mol. The van der Waals surface area contributed by atoms with Gasteiger partial charge in [0.1, 0.15) is 5.75 Å². The lowest BCUT2D eigenvalue weighted by Crippen LogP contribution is -2.35. The minimum atomic E-state index is -0.00266. The molecule has 2 aromatic rings. The molecule has 0 aromatic heterocycles. The molecule has 0 spiro atoms. The lowest BCUT2D eigenvalue weighted by Gasteiger charge is -2.22. The summed E-state index contributed by atoms with van der Waals surface area (Å²) in [6, 6.07) is 15.6. The third-order valence-electron chi connectivity index (χ3n) is 5.23. The van der Waals surface area contributed by atoms with Gasteiger partial charge >= 0.3 is 0 Å². The first-order valence-corrected chi connectivity index (χ1v) is 10.2. The lowest BCUT2D eigenvalue weighted by molar-refractivity contribution is -0.130. The maximum atomic E-state index is 12.9. The highest BCUT2D eigenvalue weighted by Gasteiger charge is 2.24. The molecule has 2 amide bonds. The van der Waals surface area contributed by atoms with E-state index in [-0.39, 0.29) is 11.8 Å². The second-order valence-corrected chi connectivity index (χ2v) is 8.00. The molecule has 0 bridgehead atoms. The highest BCUT2D eigenvalue weighted by Crippen LogP contribution is 2.17. The van der Waals surface area contributed by atoms with E-state index in [0.29, 0.717) is 44.1 Å². The molecule has 0 saturated carbocycles. The number of hydrogen-bond acceptors (Lipinski definition) is 3. The number of carbonyl (C=O) groups is 2. The van der Waals surface area contributed by atoms with Gasteiger partial charge in [-0.1, -0.05) is 38.1 Å². The summed E-state index contributed by atoms with van der Waals surface area (Å²) in [5, 5.41) is 0. The van der Waals surface area contributed by atoms with Crippen LogP contribution >= 0.6 is 0 Å². The molecule has 1 aliphatic rings. The van der Waals surface area contributed by atoms with Gasteiger partial charge in [0.2, 0.25) is 5.91 Å². The smallest absolute Gasteiger partial charge is 0.253 e. The Morgan fingerprint density at radius 3 is 2.48 bits per heavy atom. The van der Waals surface area contributed by atoms with Gasteiger partial charge in [0.15, 0.2) is 0 Å². The number of amides is 2. The molecule has 0 radical (unpaired) electrons. The van der Waals surface area contributed by atoms with Crippen molar-refractivity contribution in [3.05, 3.63) is 65.2 Å². The average Bonchev–Trinajstić information content (AvgIpc) is 2.90. The topological polar surface area (TPSA) is 49.9 Å². The molecule has 0 N–H and O–H groups in total. The fourth-order valence-corrected chi connectivity index (χ4v) is 3.67. The molecule has 1 fully saturated rings. The Bertz CT molecular complexity index is 845.